The lowest BCUT2D eigenvalue weighted by Gasteiger charge is -2.28. The number of pyridine rings is 2. The monoisotopic (exact) mass is 565 g/mol. The van der Waals surface area contributed by atoms with Gasteiger partial charge in [-0.25, -0.2) is 9.37 Å². The zero-order valence-corrected chi connectivity index (χ0v) is 23.6. The van der Waals surface area contributed by atoms with Gasteiger partial charge in [-0.3, -0.25) is 14.8 Å². The van der Waals surface area contributed by atoms with Crippen molar-refractivity contribution in [3.8, 4) is 22.8 Å². The van der Waals surface area contributed by atoms with E-state index in [1.165, 1.54) is 30.5 Å². The first-order chi connectivity index (χ1) is 20.4. The third-order valence-corrected chi connectivity index (χ3v) is 7.87. The highest BCUT2D eigenvalue weighted by Crippen LogP contribution is 2.34. The Morgan fingerprint density at radius 2 is 1.79 bits per heavy atom. The molecule has 2 aliphatic rings. The molecular formula is C33H32FN5O3. The van der Waals surface area contributed by atoms with Crippen LogP contribution < -0.4 is 15.0 Å². The highest BCUT2D eigenvalue weighted by atomic mass is 19.1. The minimum absolute atomic E-state index is 0.227. The third kappa shape index (κ3) is 6.01. The van der Waals surface area contributed by atoms with Crippen LogP contribution in [0, 0.1) is 11.7 Å². The van der Waals surface area contributed by atoms with Gasteiger partial charge < -0.3 is 19.7 Å². The number of rotatable bonds is 6. The third-order valence-electron chi connectivity index (χ3n) is 7.87. The molecule has 0 spiro atoms. The number of nitrogens with one attached hydrogen (secondary N) is 1. The Morgan fingerprint density at radius 1 is 0.976 bits per heavy atom. The summed E-state index contributed by atoms with van der Waals surface area (Å²) in [5, 5.41) is 2.95. The topological polar surface area (TPSA) is 88.9 Å². The number of fused-ring (bicyclic) bond motifs is 1. The first-order valence-corrected chi connectivity index (χ1v) is 14.1. The van der Waals surface area contributed by atoms with Gasteiger partial charge in [0, 0.05) is 43.0 Å². The minimum atomic E-state index is -0.342. The standard InChI is InChI=1S/C33H32FN5O3/c1-21-17-37-32(33(40)38-26-6-10-31(36-19-26)42-28-7-4-25(34)5-8-28)30-16-23(3-9-29(30)22(21)2)24-15-27(20-35-18-24)39-11-13-41-14-12-39/h3-10,15-16,18-22H,11-14,17H2,1-2H3,(H,38,40). The summed E-state index contributed by atoms with van der Waals surface area (Å²) < 4.78 is 24.4. The highest BCUT2D eigenvalue weighted by molar-refractivity contribution is 6.49. The number of nitrogens with zero attached hydrogens (tertiary/aromatic N) is 4. The molecule has 0 saturated carbocycles. The summed E-state index contributed by atoms with van der Waals surface area (Å²) in [7, 11) is 0. The fraction of sp³-hybridized carbons (Fsp3) is 0.273. The van der Waals surface area contributed by atoms with E-state index in [9.17, 15) is 9.18 Å². The lowest BCUT2D eigenvalue weighted by molar-refractivity contribution is -0.110. The van der Waals surface area contributed by atoms with Crippen LogP contribution in [-0.4, -0.2) is 54.4 Å². The summed E-state index contributed by atoms with van der Waals surface area (Å²) in [5.41, 5.74) is 5.83. The van der Waals surface area contributed by atoms with Gasteiger partial charge in [-0.15, -0.1) is 0 Å². The molecule has 42 heavy (non-hydrogen) atoms. The molecule has 4 heterocycles. The number of halogens is 1. The van der Waals surface area contributed by atoms with Crippen LogP contribution in [0.25, 0.3) is 11.1 Å². The van der Waals surface area contributed by atoms with Crippen LogP contribution in [0.3, 0.4) is 0 Å². The Labute approximate surface area is 244 Å². The summed E-state index contributed by atoms with van der Waals surface area (Å²) in [6.45, 7) is 7.95. The SMILES string of the molecule is CC1CN=C(C(=O)Nc2ccc(Oc3ccc(F)cc3)nc2)c2cc(-c3cncc(N4CCOCC4)c3)ccc2C1C. The molecule has 1 saturated heterocycles. The van der Waals surface area contributed by atoms with Crippen molar-refractivity contribution in [3.05, 3.63) is 96.2 Å². The van der Waals surface area contributed by atoms with E-state index in [1.807, 2.05) is 12.4 Å². The van der Waals surface area contributed by atoms with Crippen molar-refractivity contribution in [2.75, 3.05) is 43.1 Å². The molecular weight excluding hydrogens is 533 g/mol. The van der Waals surface area contributed by atoms with Gasteiger partial charge in [-0.1, -0.05) is 26.0 Å². The maximum absolute atomic E-state index is 13.6. The van der Waals surface area contributed by atoms with Crippen molar-refractivity contribution >= 4 is 23.0 Å². The summed E-state index contributed by atoms with van der Waals surface area (Å²) in [5.74, 6) is 0.655. The second-order valence-corrected chi connectivity index (χ2v) is 10.7. The lowest BCUT2D eigenvalue weighted by Crippen LogP contribution is -2.36. The maximum Gasteiger partial charge on any atom is 0.274 e. The smallest absolute Gasteiger partial charge is 0.274 e. The quantitative estimate of drug-likeness (QED) is 0.304. The van der Waals surface area contributed by atoms with Crippen LogP contribution >= 0.6 is 0 Å². The fourth-order valence-electron chi connectivity index (χ4n) is 5.23. The molecule has 4 aromatic rings. The Hall–Kier alpha value is -4.63. The average molecular weight is 566 g/mol. The van der Waals surface area contributed by atoms with Gasteiger partial charge in [0.2, 0.25) is 5.88 Å². The van der Waals surface area contributed by atoms with Crippen LogP contribution in [0.4, 0.5) is 15.8 Å². The van der Waals surface area contributed by atoms with Crippen LogP contribution in [-0.2, 0) is 9.53 Å². The van der Waals surface area contributed by atoms with Crippen molar-refractivity contribution in [3.63, 3.8) is 0 Å². The second-order valence-electron chi connectivity index (χ2n) is 10.7. The van der Waals surface area contributed by atoms with Crippen molar-refractivity contribution < 1.29 is 18.7 Å². The number of morpholine rings is 1. The van der Waals surface area contributed by atoms with Crippen molar-refractivity contribution in [2.45, 2.75) is 19.8 Å². The Bertz CT molecular complexity index is 1600. The summed E-state index contributed by atoms with van der Waals surface area (Å²) in [4.78, 5) is 29.5. The van der Waals surface area contributed by atoms with E-state index in [0.29, 0.717) is 42.8 Å². The first kappa shape index (κ1) is 27.5. The molecule has 8 nitrogen and oxygen atoms in total. The molecule has 2 aromatic carbocycles. The van der Waals surface area contributed by atoms with E-state index in [1.54, 1.807) is 12.1 Å². The molecule has 2 atom stereocenters. The van der Waals surface area contributed by atoms with Gasteiger partial charge >= 0.3 is 0 Å². The molecule has 6 rings (SSSR count). The maximum atomic E-state index is 13.6. The number of aromatic nitrogens is 2. The number of benzene rings is 2. The fourth-order valence-corrected chi connectivity index (χ4v) is 5.23. The van der Waals surface area contributed by atoms with Gasteiger partial charge in [0.25, 0.3) is 5.91 Å². The zero-order valence-electron chi connectivity index (χ0n) is 23.6. The number of carbonyl (C=O) groups excluding carboxylic acids is 1. The Balaban J connectivity index is 1.25. The molecule has 2 aromatic heterocycles. The number of aliphatic imine (C=N–C) groups is 1. The van der Waals surface area contributed by atoms with Gasteiger partial charge in [0.1, 0.15) is 17.3 Å². The predicted octanol–water partition coefficient (Wildman–Crippen LogP) is 6.09. The largest absolute Gasteiger partial charge is 0.439 e. The van der Waals surface area contributed by atoms with Crippen LogP contribution in [0.5, 0.6) is 11.6 Å². The van der Waals surface area contributed by atoms with E-state index in [4.69, 9.17) is 14.5 Å². The average Bonchev–Trinajstić information content (AvgIpc) is 3.15. The molecule has 1 N–H and O–H groups in total. The number of amides is 1. The lowest BCUT2D eigenvalue weighted by atomic mass is 9.85. The van der Waals surface area contributed by atoms with Crippen LogP contribution in [0.1, 0.15) is 30.9 Å². The number of anilines is 2. The molecule has 2 unspecified atom stereocenters. The number of ether oxygens (including phenoxy) is 2. The van der Waals surface area contributed by atoms with E-state index in [-0.39, 0.29) is 23.6 Å². The number of carbonyl (C=O) groups is 1. The molecule has 0 bridgehead atoms. The second kappa shape index (κ2) is 12.1. The van der Waals surface area contributed by atoms with Gasteiger partial charge in [-0.2, -0.15) is 0 Å². The van der Waals surface area contributed by atoms with E-state index < -0.39 is 0 Å². The molecule has 2 aliphatic heterocycles. The molecule has 214 valence electrons. The minimum Gasteiger partial charge on any atom is -0.439 e. The molecule has 9 heteroatoms. The molecule has 1 fully saturated rings. The van der Waals surface area contributed by atoms with E-state index >= 15 is 0 Å². The van der Waals surface area contributed by atoms with Gasteiger partial charge in [-0.05, 0) is 65.4 Å². The van der Waals surface area contributed by atoms with E-state index in [0.717, 1.165) is 41.0 Å². The van der Waals surface area contributed by atoms with Crippen molar-refractivity contribution in [1.82, 2.24) is 9.97 Å². The van der Waals surface area contributed by atoms with Crippen molar-refractivity contribution in [1.29, 1.82) is 0 Å². The summed E-state index contributed by atoms with van der Waals surface area (Å²) >= 11 is 0. The number of hydrogen-bond donors (Lipinski definition) is 1. The highest BCUT2D eigenvalue weighted by Gasteiger charge is 2.27. The Morgan fingerprint density at radius 3 is 2.55 bits per heavy atom. The normalized spacial score (nSPS) is 18.5. The van der Waals surface area contributed by atoms with Crippen LogP contribution in [0.2, 0.25) is 0 Å². The van der Waals surface area contributed by atoms with Gasteiger partial charge in [0.05, 0.1) is 37.0 Å². The summed E-state index contributed by atoms with van der Waals surface area (Å²) in [6.07, 6.45) is 5.26. The molecule has 1 amide bonds. The van der Waals surface area contributed by atoms with E-state index in [2.05, 4.69) is 58.3 Å². The summed E-state index contributed by atoms with van der Waals surface area (Å²) in [6, 6.07) is 17.5. The predicted molar refractivity (Wildman–Crippen MR) is 161 cm³/mol. The Kier molecular flexibility index (Phi) is 7.92. The van der Waals surface area contributed by atoms with Crippen molar-refractivity contribution in [2.24, 2.45) is 10.9 Å². The molecule has 0 radical (unpaired) electrons. The molecule has 0 aliphatic carbocycles. The zero-order chi connectivity index (χ0) is 29.1. The van der Waals surface area contributed by atoms with Crippen LogP contribution in [0.15, 0.2) is 84.2 Å². The first-order valence-electron chi connectivity index (χ1n) is 14.1. The van der Waals surface area contributed by atoms with Gasteiger partial charge in [0.15, 0.2) is 0 Å². The number of hydrogen-bond acceptors (Lipinski definition) is 7.